The third-order valence-electron chi connectivity index (χ3n) is 4.68. The van der Waals surface area contributed by atoms with Crippen LogP contribution < -0.4 is 5.32 Å². The van der Waals surface area contributed by atoms with Crippen molar-refractivity contribution >= 4 is 26.7 Å². The van der Waals surface area contributed by atoms with E-state index in [1.807, 2.05) is 60.7 Å². The van der Waals surface area contributed by atoms with Crippen LogP contribution in [0.1, 0.15) is 27.7 Å². The van der Waals surface area contributed by atoms with Crippen molar-refractivity contribution in [2.75, 3.05) is 6.26 Å². The van der Waals surface area contributed by atoms with E-state index in [1.165, 1.54) is 24.3 Å². The second-order valence-electron chi connectivity index (χ2n) is 6.80. The molecule has 0 saturated carbocycles. The van der Waals surface area contributed by atoms with Crippen LogP contribution in [0.25, 0.3) is 11.0 Å². The van der Waals surface area contributed by atoms with E-state index in [2.05, 4.69) is 5.32 Å². The van der Waals surface area contributed by atoms with Crippen LogP contribution in [0.5, 0.6) is 0 Å². The lowest BCUT2D eigenvalue weighted by molar-refractivity contribution is 0.0939. The molecule has 1 N–H and O–H groups in total. The van der Waals surface area contributed by atoms with Gasteiger partial charge in [-0.25, -0.2) is 8.42 Å². The van der Waals surface area contributed by atoms with Crippen molar-refractivity contribution in [1.82, 2.24) is 5.32 Å². The summed E-state index contributed by atoms with van der Waals surface area (Å²) in [4.78, 5) is 13.0. The summed E-state index contributed by atoms with van der Waals surface area (Å²) in [7, 11) is -3.32. The first-order valence-corrected chi connectivity index (χ1v) is 11.0. The number of nitrogens with one attached hydrogen (secondary N) is 1. The van der Waals surface area contributed by atoms with Crippen molar-refractivity contribution in [3.63, 3.8) is 0 Å². The molecule has 1 heterocycles. The smallest absolute Gasteiger partial charge is 0.252 e. The van der Waals surface area contributed by atoms with Crippen LogP contribution >= 0.6 is 0 Å². The number of rotatable bonds is 5. The molecule has 146 valence electrons. The molecule has 4 aromatic rings. The molecule has 0 saturated heterocycles. The quantitative estimate of drug-likeness (QED) is 0.535. The molecule has 29 heavy (non-hydrogen) atoms. The summed E-state index contributed by atoms with van der Waals surface area (Å²) in [6, 6.07) is 24.5. The fourth-order valence-corrected chi connectivity index (χ4v) is 3.81. The number of carbonyl (C=O) groups is 1. The van der Waals surface area contributed by atoms with Crippen LogP contribution in [-0.4, -0.2) is 20.6 Å². The molecule has 0 aliphatic carbocycles. The number of hydrogen-bond donors (Lipinski definition) is 1. The Morgan fingerprint density at radius 2 is 1.55 bits per heavy atom. The SMILES string of the molecule is CS(=O)(=O)c1ccc(C(=O)N[C@H](c2ccccc2)c2cc3ccccc3o2)cc1. The molecule has 1 atom stereocenters. The monoisotopic (exact) mass is 405 g/mol. The number of benzene rings is 3. The summed E-state index contributed by atoms with van der Waals surface area (Å²) < 4.78 is 29.3. The van der Waals surface area contributed by atoms with E-state index in [1.54, 1.807) is 0 Å². The van der Waals surface area contributed by atoms with Crippen molar-refractivity contribution in [2.24, 2.45) is 0 Å². The molecule has 0 bridgehead atoms. The maximum Gasteiger partial charge on any atom is 0.252 e. The first-order chi connectivity index (χ1) is 13.9. The average Bonchev–Trinajstić information content (AvgIpc) is 3.16. The van der Waals surface area contributed by atoms with Gasteiger partial charge in [-0.1, -0.05) is 48.5 Å². The van der Waals surface area contributed by atoms with Gasteiger partial charge in [0.15, 0.2) is 9.84 Å². The third-order valence-corrected chi connectivity index (χ3v) is 5.81. The molecule has 6 heteroatoms. The van der Waals surface area contributed by atoms with E-state index in [0.717, 1.165) is 22.8 Å². The number of amides is 1. The fraction of sp³-hybridized carbons (Fsp3) is 0.0870. The van der Waals surface area contributed by atoms with Crippen LogP contribution in [0.2, 0.25) is 0 Å². The second-order valence-corrected chi connectivity index (χ2v) is 8.82. The highest BCUT2D eigenvalue weighted by molar-refractivity contribution is 7.90. The fourth-order valence-electron chi connectivity index (χ4n) is 3.18. The minimum absolute atomic E-state index is 0.172. The van der Waals surface area contributed by atoms with Gasteiger partial charge in [0.1, 0.15) is 17.4 Å². The third kappa shape index (κ3) is 4.07. The zero-order chi connectivity index (χ0) is 20.4. The van der Waals surface area contributed by atoms with Gasteiger partial charge in [0.2, 0.25) is 0 Å². The molecule has 0 fully saturated rings. The van der Waals surface area contributed by atoms with Crippen molar-refractivity contribution in [2.45, 2.75) is 10.9 Å². The lowest BCUT2D eigenvalue weighted by Gasteiger charge is -2.17. The normalized spacial score (nSPS) is 12.6. The number of sulfone groups is 1. The van der Waals surface area contributed by atoms with Gasteiger partial charge in [0, 0.05) is 17.2 Å². The molecule has 0 spiro atoms. The van der Waals surface area contributed by atoms with Gasteiger partial charge in [0.25, 0.3) is 5.91 Å². The molecule has 1 amide bonds. The summed E-state index contributed by atoms with van der Waals surface area (Å²) in [6.07, 6.45) is 1.13. The maximum absolute atomic E-state index is 12.9. The standard InChI is InChI=1S/C23H19NO4S/c1-29(26,27)19-13-11-17(12-14-19)23(25)24-22(16-7-3-2-4-8-16)21-15-18-9-5-6-10-20(18)28-21/h2-15,22H,1H3,(H,24,25)/t22-/m1/s1. The summed E-state index contributed by atoms with van der Waals surface area (Å²) in [5.41, 5.74) is 2.00. The van der Waals surface area contributed by atoms with Crippen molar-refractivity contribution in [3.05, 3.63) is 102 Å². The topological polar surface area (TPSA) is 76.4 Å². The van der Waals surface area contributed by atoms with E-state index < -0.39 is 15.9 Å². The largest absolute Gasteiger partial charge is 0.459 e. The Morgan fingerprint density at radius 3 is 2.21 bits per heavy atom. The number of carbonyl (C=O) groups excluding carboxylic acids is 1. The minimum atomic E-state index is -3.32. The first kappa shape index (κ1) is 19.0. The van der Waals surface area contributed by atoms with Crippen molar-refractivity contribution in [1.29, 1.82) is 0 Å². The van der Waals surface area contributed by atoms with Gasteiger partial charge in [0.05, 0.1) is 4.90 Å². The molecule has 0 aliphatic rings. The van der Waals surface area contributed by atoms with E-state index in [-0.39, 0.29) is 10.8 Å². The van der Waals surface area contributed by atoms with Crippen molar-refractivity contribution in [3.8, 4) is 0 Å². The van der Waals surface area contributed by atoms with Gasteiger partial charge in [-0.05, 0) is 42.0 Å². The second kappa shape index (κ2) is 7.56. The van der Waals surface area contributed by atoms with Gasteiger partial charge in [-0.3, -0.25) is 4.79 Å². The molecule has 4 rings (SSSR count). The molecule has 0 radical (unpaired) electrons. The van der Waals surface area contributed by atoms with E-state index >= 15 is 0 Å². The molecule has 3 aromatic carbocycles. The Bertz CT molecular complexity index is 1230. The summed E-state index contributed by atoms with van der Waals surface area (Å²) >= 11 is 0. The minimum Gasteiger partial charge on any atom is -0.459 e. The predicted octanol–water partition coefficient (Wildman–Crippen LogP) is 4.36. The van der Waals surface area contributed by atoms with Gasteiger partial charge in [-0.2, -0.15) is 0 Å². The summed E-state index contributed by atoms with van der Waals surface area (Å²) in [5.74, 6) is 0.304. The summed E-state index contributed by atoms with van der Waals surface area (Å²) in [5, 5.41) is 3.96. The van der Waals surface area contributed by atoms with Gasteiger partial charge >= 0.3 is 0 Å². The molecular weight excluding hydrogens is 386 g/mol. The lowest BCUT2D eigenvalue weighted by atomic mass is 10.0. The van der Waals surface area contributed by atoms with E-state index in [9.17, 15) is 13.2 Å². The predicted molar refractivity (Wildman–Crippen MR) is 112 cm³/mol. The highest BCUT2D eigenvalue weighted by Gasteiger charge is 2.22. The molecule has 1 aromatic heterocycles. The van der Waals surface area contributed by atoms with E-state index in [4.69, 9.17) is 4.42 Å². The highest BCUT2D eigenvalue weighted by Crippen LogP contribution is 2.28. The number of para-hydroxylation sites is 1. The van der Waals surface area contributed by atoms with Crippen LogP contribution in [-0.2, 0) is 9.84 Å². The Morgan fingerprint density at radius 1 is 0.897 bits per heavy atom. The van der Waals surface area contributed by atoms with Crippen LogP contribution in [0.15, 0.2) is 94.2 Å². The van der Waals surface area contributed by atoms with Gasteiger partial charge in [-0.15, -0.1) is 0 Å². The lowest BCUT2D eigenvalue weighted by Crippen LogP contribution is -2.29. The number of fused-ring (bicyclic) bond motifs is 1. The van der Waals surface area contributed by atoms with Crippen LogP contribution in [0.3, 0.4) is 0 Å². The average molecular weight is 405 g/mol. The molecule has 0 aliphatic heterocycles. The first-order valence-electron chi connectivity index (χ1n) is 9.06. The molecule has 0 unspecified atom stereocenters. The summed E-state index contributed by atoms with van der Waals surface area (Å²) in [6.45, 7) is 0. The maximum atomic E-state index is 12.9. The Kier molecular flexibility index (Phi) is 4.94. The van der Waals surface area contributed by atoms with Crippen LogP contribution in [0, 0.1) is 0 Å². The zero-order valence-electron chi connectivity index (χ0n) is 15.7. The number of hydrogen-bond acceptors (Lipinski definition) is 4. The van der Waals surface area contributed by atoms with Crippen molar-refractivity contribution < 1.29 is 17.6 Å². The zero-order valence-corrected chi connectivity index (χ0v) is 16.5. The Balaban J connectivity index is 1.68. The van der Waals surface area contributed by atoms with Crippen LogP contribution in [0.4, 0.5) is 0 Å². The van der Waals surface area contributed by atoms with E-state index in [0.29, 0.717) is 11.3 Å². The Hall–Kier alpha value is -3.38. The Labute approximate surface area is 168 Å². The van der Waals surface area contributed by atoms with Gasteiger partial charge < -0.3 is 9.73 Å². The molecule has 5 nitrogen and oxygen atoms in total. The number of furan rings is 1. The molecular formula is C23H19NO4S. The highest BCUT2D eigenvalue weighted by atomic mass is 32.2.